The molecule has 0 radical (unpaired) electrons. The van der Waals surface area contributed by atoms with E-state index in [1.165, 1.54) is 11.6 Å². The van der Waals surface area contributed by atoms with Crippen LogP contribution in [-0.4, -0.2) is 0 Å². The molecule has 0 aromatic heterocycles. The summed E-state index contributed by atoms with van der Waals surface area (Å²) >= 11 is 6.95. The minimum absolute atomic E-state index is 0.0273. The van der Waals surface area contributed by atoms with Crippen LogP contribution in [0.15, 0.2) is 53.0 Å². The molecule has 0 aliphatic rings. The highest BCUT2D eigenvalue weighted by Gasteiger charge is 2.16. The van der Waals surface area contributed by atoms with Crippen LogP contribution in [0.25, 0.3) is 0 Å². The van der Waals surface area contributed by atoms with E-state index in [4.69, 9.17) is 0 Å². The monoisotopic (exact) mass is 356 g/mol. The van der Waals surface area contributed by atoms with Crippen LogP contribution in [0, 0.1) is 5.82 Å². The zero-order valence-corrected chi connectivity index (χ0v) is 12.2. The fourth-order valence-corrected chi connectivity index (χ4v) is 3.50. The second-order valence-corrected chi connectivity index (χ2v) is 5.75. The van der Waals surface area contributed by atoms with Crippen LogP contribution < -0.4 is 0 Å². The van der Waals surface area contributed by atoms with E-state index < -0.39 is 0 Å². The molecule has 0 spiro atoms. The second-order valence-electron chi connectivity index (χ2n) is 3.79. The third kappa shape index (κ3) is 3.17. The van der Waals surface area contributed by atoms with Crippen molar-refractivity contribution in [2.45, 2.75) is 11.2 Å². The Hall–Kier alpha value is -0.670. The minimum atomic E-state index is -0.183. The zero-order chi connectivity index (χ0) is 12.3. The van der Waals surface area contributed by atoms with Crippen molar-refractivity contribution < 1.29 is 4.39 Å². The number of hydrogen-bond donors (Lipinski definition) is 0. The average molecular weight is 358 g/mol. The molecule has 0 heterocycles. The molecule has 0 bridgehead atoms. The average Bonchev–Trinajstić information content (AvgIpc) is 2.30. The Bertz CT molecular complexity index is 477. The Balaban J connectivity index is 2.23. The maximum Gasteiger partial charge on any atom is 0.128 e. The highest BCUT2D eigenvalue weighted by molar-refractivity contribution is 9.11. The van der Waals surface area contributed by atoms with Gasteiger partial charge in [-0.2, -0.15) is 0 Å². The van der Waals surface area contributed by atoms with Gasteiger partial charge in [0.25, 0.3) is 0 Å². The lowest BCUT2D eigenvalue weighted by atomic mass is 10.0. The number of alkyl halides is 1. The van der Waals surface area contributed by atoms with Crippen molar-refractivity contribution in [3.63, 3.8) is 0 Å². The normalized spacial score (nSPS) is 12.4. The SMILES string of the molecule is Fc1cccc(Br)c1C(Br)Cc1ccccc1. The first-order chi connectivity index (χ1) is 8.18. The van der Waals surface area contributed by atoms with Gasteiger partial charge in [-0.15, -0.1) is 0 Å². The highest BCUT2D eigenvalue weighted by atomic mass is 79.9. The summed E-state index contributed by atoms with van der Waals surface area (Å²) in [5.41, 5.74) is 1.86. The van der Waals surface area contributed by atoms with Crippen LogP contribution in [0.3, 0.4) is 0 Å². The predicted molar refractivity (Wildman–Crippen MR) is 75.9 cm³/mol. The van der Waals surface area contributed by atoms with E-state index in [1.54, 1.807) is 6.07 Å². The summed E-state index contributed by atoms with van der Waals surface area (Å²) < 4.78 is 14.5. The van der Waals surface area contributed by atoms with Gasteiger partial charge in [0.15, 0.2) is 0 Å². The second kappa shape index (κ2) is 5.78. The van der Waals surface area contributed by atoms with Gasteiger partial charge in [0.1, 0.15) is 5.82 Å². The molecule has 2 rings (SSSR count). The molecule has 17 heavy (non-hydrogen) atoms. The fourth-order valence-electron chi connectivity index (χ4n) is 1.73. The molecule has 2 aromatic carbocycles. The first-order valence-corrected chi connectivity index (χ1v) is 7.01. The lowest BCUT2D eigenvalue weighted by Gasteiger charge is -2.13. The van der Waals surface area contributed by atoms with Gasteiger partial charge in [-0.25, -0.2) is 4.39 Å². The van der Waals surface area contributed by atoms with Gasteiger partial charge in [0, 0.05) is 14.9 Å². The molecule has 1 atom stereocenters. The molecule has 3 heteroatoms. The summed E-state index contributed by atoms with van der Waals surface area (Å²) in [7, 11) is 0. The van der Waals surface area contributed by atoms with Crippen LogP contribution >= 0.6 is 31.9 Å². The van der Waals surface area contributed by atoms with Crippen LogP contribution in [0.4, 0.5) is 4.39 Å². The molecule has 0 saturated carbocycles. The summed E-state index contributed by atoms with van der Waals surface area (Å²) in [5, 5.41) is 0. The van der Waals surface area contributed by atoms with Gasteiger partial charge in [-0.05, 0) is 24.1 Å². The van der Waals surface area contributed by atoms with E-state index >= 15 is 0 Å². The maximum absolute atomic E-state index is 13.7. The topological polar surface area (TPSA) is 0 Å². The molecule has 0 nitrogen and oxygen atoms in total. The Labute approximate surface area is 117 Å². The Morgan fingerprint density at radius 1 is 1.00 bits per heavy atom. The Morgan fingerprint density at radius 3 is 2.35 bits per heavy atom. The van der Waals surface area contributed by atoms with Crippen molar-refractivity contribution >= 4 is 31.9 Å². The van der Waals surface area contributed by atoms with Gasteiger partial charge in [-0.3, -0.25) is 0 Å². The Kier molecular flexibility index (Phi) is 4.35. The molecule has 0 fully saturated rings. The van der Waals surface area contributed by atoms with E-state index in [9.17, 15) is 4.39 Å². The first kappa shape index (κ1) is 12.8. The van der Waals surface area contributed by atoms with Gasteiger partial charge >= 0.3 is 0 Å². The molecule has 0 aliphatic heterocycles. The molecule has 2 aromatic rings. The van der Waals surface area contributed by atoms with Crippen LogP contribution in [0.2, 0.25) is 0 Å². The van der Waals surface area contributed by atoms with Crippen molar-refractivity contribution in [3.05, 3.63) is 69.9 Å². The summed E-state index contributed by atoms with van der Waals surface area (Å²) in [5.74, 6) is -0.183. The molecule has 0 saturated heterocycles. The molecular weight excluding hydrogens is 347 g/mol. The smallest absolute Gasteiger partial charge is 0.128 e. The summed E-state index contributed by atoms with van der Waals surface area (Å²) in [6.45, 7) is 0. The largest absolute Gasteiger partial charge is 0.207 e. The summed E-state index contributed by atoms with van der Waals surface area (Å²) in [6, 6.07) is 15.1. The van der Waals surface area contributed by atoms with Crippen molar-refractivity contribution in [2.75, 3.05) is 0 Å². The van der Waals surface area contributed by atoms with Crippen molar-refractivity contribution in [3.8, 4) is 0 Å². The fraction of sp³-hybridized carbons (Fsp3) is 0.143. The lowest BCUT2D eigenvalue weighted by Crippen LogP contribution is -1.99. The summed E-state index contributed by atoms with van der Waals surface area (Å²) in [6.07, 6.45) is 0.764. The quantitative estimate of drug-likeness (QED) is 0.656. The molecular formula is C14H11Br2F. The first-order valence-electron chi connectivity index (χ1n) is 5.30. The van der Waals surface area contributed by atoms with Crippen LogP contribution in [-0.2, 0) is 6.42 Å². The number of halogens is 3. The van der Waals surface area contributed by atoms with Crippen molar-refractivity contribution in [1.82, 2.24) is 0 Å². The van der Waals surface area contributed by atoms with Gasteiger partial charge < -0.3 is 0 Å². The van der Waals surface area contributed by atoms with Crippen molar-refractivity contribution in [1.29, 1.82) is 0 Å². The van der Waals surface area contributed by atoms with Crippen molar-refractivity contribution in [2.24, 2.45) is 0 Å². The number of hydrogen-bond acceptors (Lipinski definition) is 0. The zero-order valence-electron chi connectivity index (χ0n) is 9.04. The number of rotatable bonds is 3. The molecule has 0 aliphatic carbocycles. The standard InChI is InChI=1S/C14H11Br2F/c15-11-7-4-8-13(17)14(11)12(16)9-10-5-2-1-3-6-10/h1-8,12H,9H2. The number of benzene rings is 2. The van der Waals surface area contributed by atoms with Crippen LogP contribution in [0.1, 0.15) is 16.0 Å². The van der Waals surface area contributed by atoms with E-state index in [0.29, 0.717) is 5.56 Å². The third-order valence-corrected chi connectivity index (χ3v) is 4.04. The third-order valence-electron chi connectivity index (χ3n) is 2.57. The molecule has 1 unspecified atom stereocenters. The van der Waals surface area contributed by atoms with Gasteiger partial charge in [-0.1, -0.05) is 68.3 Å². The predicted octanol–water partition coefficient (Wildman–Crippen LogP) is 5.27. The molecule has 0 amide bonds. The van der Waals surface area contributed by atoms with Gasteiger partial charge in [0.05, 0.1) is 0 Å². The van der Waals surface area contributed by atoms with E-state index in [-0.39, 0.29) is 10.6 Å². The minimum Gasteiger partial charge on any atom is -0.207 e. The molecule has 88 valence electrons. The summed E-state index contributed by atoms with van der Waals surface area (Å²) in [4.78, 5) is -0.0273. The van der Waals surface area contributed by atoms with Crippen LogP contribution in [0.5, 0.6) is 0 Å². The van der Waals surface area contributed by atoms with E-state index in [2.05, 4.69) is 31.9 Å². The van der Waals surface area contributed by atoms with E-state index in [0.717, 1.165) is 10.9 Å². The Morgan fingerprint density at radius 2 is 1.71 bits per heavy atom. The van der Waals surface area contributed by atoms with Gasteiger partial charge in [0.2, 0.25) is 0 Å². The maximum atomic E-state index is 13.7. The molecule has 0 N–H and O–H groups in total. The van der Waals surface area contributed by atoms with E-state index in [1.807, 2.05) is 36.4 Å². The lowest BCUT2D eigenvalue weighted by molar-refractivity contribution is 0.606. The highest BCUT2D eigenvalue weighted by Crippen LogP contribution is 2.34.